The number of carbonyl (C=O) groups excluding carboxylic acids is 1. The number of hydrogen-bond acceptors (Lipinski definition) is 2. The average molecular weight is 421 g/mol. The van der Waals surface area contributed by atoms with E-state index in [1.807, 2.05) is 79.7 Å². The maximum absolute atomic E-state index is 12.6. The van der Waals surface area contributed by atoms with Crippen molar-refractivity contribution in [1.82, 2.24) is 4.98 Å². The zero-order chi connectivity index (χ0) is 18.8. The first-order chi connectivity index (χ1) is 13.1. The number of aromatic nitrogens is 1. The summed E-state index contributed by atoms with van der Waals surface area (Å²) >= 11 is 3.51. The third kappa shape index (κ3) is 3.59. The van der Waals surface area contributed by atoms with Crippen LogP contribution in [0.3, 0.4) is 0 Å². The third-order valence-corrected chi connectivity index (χ3v) is 5.13. The normalized spacial score (nSPS) is 10.7. The zero-order valence-electron chi connectivity index (χ0n) is 14.6. The molecule has 1 amide bonds. The molecule has 0 bridgehead atoms. The van der Waals surface area contributed by atoms with Gasteiger partial charge in [-0.2, -0.15) is 0 Å². The minimum atomic E-state index is -0.203. The second-order valence-corrected chi connectivity index (χ2v) is 7.00. The lowest BCUT2D eigenvalue weighted by Gasteiger charge is -2.09. The number of benzene rings is 3. The molecule has 134 valence electrons. The van der Waals surface area contributed by atoms with Crippen LogP contribution in [-0.2, 0) is 0 Å². The van der Waals surface area contributed by atoms with E-state index < -0.39 is 0 Å². The lowest BCUT2D eigenvalue weighted by atomic mass is 10.2. The molecule has 4 aromatic rings. The van der Waals surface area contributed by atoms with Crippen LogP contribution in [0.1, 0.15) is 16.1 Å². The average Bonchev–Trinajstić information content (AvgIpc) is 3.02. The maximum Gasteiger partial charge on any atom is 0.273 e. The molecule has 0 aliphatic heterocycles. The Morgan fingerprint density at radius 2 is 1.67 bits per heavy atom. The molecule has 0 spiro atoms. The number of rotatable bonds is 4. The highest BCUT2D eigenvalue weighted by atomic mass is 79.9. The smallest absolute Gasteiger partial charge is 0.273 e. The van der Waals surface area contributed by atoms with E-state index in [2.05, 4.69) is 26.2 Å². The molecular weight excluding hydrogens is 404 g/mol. The predicted molar refractivity (Wildman–Crippen MR) is 112 cm³/mol. The second-order valence-electron chi connectivity index (χ2n) is 6.21. The molecule has 0 saturated carbocycles. The highest BCUT2D eigenvalue weighted by molar-refractivity contribution is 9.10. The van der Waals surface area contributed by atoms with Gasteiger partial charge in [0.2, 0.25) is 0 Å². The molecule has 4 rings (SSSR count). The number of anilines is 1. The zero-order valence-corrected chi connectivity index (χ0v) is 16.2. The van der Waals surface area contributed by atoms with E-state index in [4.69, 9.17) is 4.74 Å². The number of halogens is 1. The fourth-order valence-corrected chi connectivity index (χ4v) is 3.49. The molecule has 0 fully saturated rings. The van der Waals surface area contributed by atoms with Gasteiger partial charge in [-0.3, -0.25) is 4.79 Å². The van der Waals surface area contributed by atoms with E-state index in [9.17, 15) is 4.79 Å². The molecule has 0 atom stereocenters. The Kier molecular flexibility index (Phi) is 4.69. The molecule has 0 radical (unpaired) electrons. The van der Waals surface area contributed by atoms with Crippen LogP contribution in [0.15, 0.2) is 77.3 Å². The van der Waals surface area contributed by atoms with Crippen molar-refractivity contribution < 1.29 is 9.53 Å². The van der Waals surface area contributed by atoms with Gasteiger partial charge in [0.15, 0.2) is 0 Å². The quantitative estimate of drug-likeness (QED) is 0.407. The molecular formula is C22H17BrN2O2. The number of para-hydroxylation sites is 2. The van der Waals surface area contributed by atoms with Crippen LogP contribution >= 0.6 is 15.9 Å². The number of aryl methyl sites for hydroxylation is 1. The van der Waals surface area contributed by atoms with E-state index in [0.717, 1.165) is 26.7 Å². The van der Waals surface area contributed by atoms with Gasteiger partial charge in [-0.15, -0.1) is 0 Å². The Morgan fingerprint density at radius 3 is 2.41 bits per heavy atom. The van der Waals surface area contributed by atoms with Gasteiger partial charge >= 0.3 is 0 Å². The summed E-state index contributed by atoms with van der Waals surface area (Å²) in [5.41, 5.74) is 3.18. The number of H-pyrrole nitrogens is 1. The summed E-state index contributed by atoms with van der Waals surface area (Å²) in [5, 5.41) is 3.88. The molecule has 0 aliphatic carbocycles. The Hall–Kier alpha value is -3.05. The van der Waals surface area contributed by atoms with Crippen molar-refractivity contribution in [3.05, 3.63) is 88.5 Å². The monoisotopic (exact) mass is 420 g/mol. The molecule has 1 aromatic heterocycles. The van der Waals surface area contributed by atoms with Gasteiger partial charge in [0.1, 0.15) is 17.2 Å². The Bertz CT molecular complexity index is 1120. The number of fused-ring (bicyclic) bond motifs is 1. The van der Waals surface area contributed by atoms with Gasteiger partial charge in [-0.1, -0.05) is 36.4 Å². The summed E-state index contributed by atoms with van der Waals surface area (Å²) < 4.78 is 6.65. The number of nitrogens with one attached hydrogen (secondary N) is 2. The van der Waals surface area contributed by atoms with Crippen molar-refractivity contribution in [3.8, 4) is 11.5 Å². The highest BCUT2D eigenvalue weighted by Crippen LogP contribution is 2.29. The predicted octanol–water partition coefficient (Wildman–Crippen LogP) is 6.28. The van der Waals surface area contributed by atoms with Crippen molar-refractivity contribution in [2.75, 3.05) is 5.32 Å². The third-order valence-electron chi connectivity index (χ3n) is 4.30. The van der Waals surface area contributed by atoms with Gasteiger partial charge in [0.05, 0.1) is 4.47 Å². The topological polar surface area (TPSA) is 54.1 Å². The lowest BCUT2D eigenvalue weighted by molar-refractivity contribution is 0.102. The van der Waals surface area contributed by atoms with Crippen molar-refractivity contribution in [3.63, 3.8) is 0 Å². The summed E-state index contributed by atoms with van der Waals surface area (Å²) in [5.74, 6) is 1.33. The molecule has 2 N–H and O–H groups in total. The number of carbonyl (C=O) groups is 1. The first-order valence-electron chi connectivity index (χ1n) is 8.53. The van der Waals surface area contributed by atoms with Crippen LogP contribution in [0, 0.1) is 6.92 Å². The second kappa shape index (κ2) is 7.29. The number of ether oxygens (including phenoxy) is 1. The van der Waals surface area contributed by atoms with Crippen LogP contribution in [-0.4, -0.2) is 10.9 Å². The van der Waals surface area contributed by atoms with E-state index in [-0.39, 0.29) is 5.91 Å². The number of aromatic amines is 1. The fraction of sp³-hybridized carbons (Fsp3) is 0.0455. The summed E-state index contributed by atoms with van der Waals surface area (Å²) in [6.45, 7) is 2.00. The van der Waals surface area contributed by atoms with Crippen molar-refractivity contribution in [2.45, 2.75) is 6.92 Å². The standard InChI is InChI=1S/C22H17BrN2O2/c1-14-6-2-5-9-19(14)27-16-12-10-15(11-13-16)24-22(26)21-20(23)17-7-3-4-8-18(17)25-21/h2-13,25H,1H3,(H,24,26). The van der Waals surface area contributed by atoms with Crippen LogP contribution in [0.4, 0.5) is 5.69 Å². The Morgan fingerprint density at radius 1 is 0.963 bits per heavy atom. The molecule has 0 aliphatic rings. The largest absolute Gasteiger partial charge is 0.457 e. The van der Waals surface area contributed by atoms with E-state index in [0.29, 0.717) is 17.1 Å². The van der Waals surface area contributed by atoms with Crippen LogP contribution in [0.5, 0.6) is 11.5 Å². The maximum atomic E-state index is 12.6. The first kappa shape index (κ1) is 17.4. The summed E-state index contributed by atoms with van der Waals surface area (Å²) in [6.07, 6.45) is 0. The first-order valence-corrected chi connectivity index (χ1v) is 9.32. The van der Waals surface area contributed by atoms with Crippen LogP contribution in [0.25, 0.3) is 10.9 Å². The summed E-state index contributed by atoms with van der Waals surface area (Å²) in [6, 6.07) is 22.9. The van der Waals surface area contributed by atoms with E-state index in [1.54, 1.807) is 0 Å². The number of amides is 1. The molecule has 27 heavy (non-hydrogen) atoms. The van der Waals surface area contributed by atoms with Gasteiger partial charge in [0.25, 0.3) is 5.91 Å². The SMILES string of the molecule is Cc1ccccc1Oc1ccc(NC(=O)c2[nH]c3ccccc3c2Br)cc1. The molecule has 1 heterocycles. The van der Waals surface area contributed by atoms with Crippen molar-refractivity contribution >= 4 is 38.4 Å². The molecule has 3 aromatic carbocycles. The van der Waals surface area contributed by atoms with Crippen molar-refractivity contribution in [2.24, 2.45) is 0 Å². The molecule has 0 saturated heterocycles. The van der Waals surface area contributed by atoms with Crippen LogP contribution in [0.2, 0.25) is 0 Å². The van der Waals surface area contributed by atoms with E-state index in [1.165, 1.54) is 0 Å². The lowest BCUT2D eigenvalue weighted by Crippen LogP contribution is -2.12. The molecule has 5 heteroatoms. The van der Waals surface area contributed by atoms with Crippen molar-refractivity contribution in [1.29, 1.82) is 0 Å². The van der Waals surface area contributed by atoms with Gasteiger partial charge < -0.3 is 15.0 Å². The molecule has 0 unspecified atom stereocenters. The Balaban J connectivity index is 1.50. The minimum Gasteiger partial charge on any atom is -0.457 e. The van der Waals surface area contributed by atoms with Gasteiger partial charge in [-0.05, 0) is 64.8 Å². The van der Waals surface area contributed by atoms with E-state index >= 15 is 0 Å². The summed E-state index contributed by atoms with van der Waals surface area (Å²) in [4.78, 5) is 15.8. The fourth-order valence-electron chi connectivity index (χ4n) is 2.86. The number of hydrogen-bond donors (Lipinski definition) is 2. The Labute approximate surface area is 165 Å². The summed E-state index contributed by atoms with van der Waals surface area (Å²) in [7, 11) is 0. The highest BCUT2D eigenvalue weighted by Gasteiger charge is 2.16. The van der Waals surface area contributed by atoms with Crippen LogP contribution < -0.4 is 10.1 Å². The van der Waals surface area contributed by atoms with Gasteiger partial charge in [0, 0.05) is 16.6 Å². The minimum absolute atomic E-state index is 0.203. The molecule has 4 nitrogen and oxygen atoms in total. The van der Waals surface area contributed by atoms with Gasteiger partial charge in [-0.25, -0.2) is 0 Å².